The number of aryl methyl sites for hydroxylation is 1. The second-order valence-electron chi connectivity index (χ2n) is 10.3. The van der Waals surface area contributed by atoms with Crippen molar-refractivity contribution in [3.8, 4) is 10.7 Å². The van der Waals surface area contributed by atoms with E-state index >= 15 is 0 Å². The second kappa shape index (κ2) is 9.62. The Kier molecular flexibility index (Phi) is 6.58. The lowest BCUT2D eigenvalue weighted by molar-refractivity contribution is 0.150. The van der Waals surface area contributed by atoms with Crippen LogP contribution in [0.4, 0.5) is 8.78 Å². The van der Waals surface area contributed by atoms with Crippen LogP contribution < -0.4 is 4.72 Å². The molecule has 0 amide bonds. The number of nitrogens with one attached hydrogen (secondary N) is 1. The standard InChI is InChI=1S/C24H25F2N7O4S3/c1-27-24(8-9-24)31-39(34,35)16-12-17(14-6-10-33(11-7-14)40(36,37)15-4-3-5-15)20-18(13-16)19(30-32(20)2)22-28-29-23(38-22)21(25)26/h6,12-13,15,21,31H,3-5,7-11H2,2H3. The van der Waals surface area contributed by atoms with E-state index in [0.717, 1.165) is 12.0 Å². The molecular formula is C24H25F2N7O4S3. The molecule has 0 saturated heterocycles. The van der Waals surface area contributed by atoms with Crippen LogP contribution in [-0.4, -0.2) is 65.1 Å². The van der Waals surface area contributed by atoms with Gasteiger partial charge in [0.25, 0.3) is 12.1 Å². The van der Waals surface area contributed by atoms with E-state index in [1.165, 1.54) is 21.1 Å². The van der Waals surface area contributed by atoms with Gasteiger partial charge in [0.2, 0.25) is 20.0 Å². The van der Waals surface area contributed by atoms with Gasteiger partial charge in [0, 0.05) is 31.1 Å². The molecule has 11 nitrogen and oxygen atoms in total. The highest BCUT2D eigenvalue weighted by atomic mass is 32.2. The predicted molar refractivity (Wildman–Crippen MR) is 144 cm³/mol. The third-order valence-electron chi connectivity index (χ3n) is 7.67. The van der Waals surface area contributed by atoms with Crippen LogP contribution in [0.25, 0.3) is 32.0 Å². The molecule has 2 aromatic heterocycles. The lowest BCUT2D eigenvalue weighted by atomic mass is 9.97. The van der Waals surface area contributed by atoms with E-state index in [4.69, 9.17) is 6.57 Å². The van der Waals surface area contributed by atoms with Crippen molar-refractivity contribution < 1.29 is 25.6 Å². The molecule has 2 saturated carbocycles. The maximum Gasteiger partial charge on any atom is 0.299 e. The fourth-order valence-electron chi connectivity index (χ4n) is 5.04. The van der Waals surface area contributed by atoms with E-state index in [1.54, 1.807) is 13.1 Å². The van der Waals surface area contributed by atoms with Crippen molar-refractivity contribution in [2.24, 2.45) is 7.05 Å². The zero-order chi connectivity index (χ0) is 28.4. The predicted octanol–water partition coefficient (Wildman–Crippen LogP) is 3.69. The summed E-state index contributed by atoms with van der Waals surface area (Å²) in [6.07, 6.45) is 2.34. The Hall–Kier alpha value is -2.84. The lowest BCUT2D eigenvalue weighted by Gasteiger charge is -2.33. The summed E-state index contributed by atoms with van der Waals surface area (Å²) in [6.45, 7) is 7.80. The molecule has 0 spiro atoms. The number of sulfonamides is 2. The molecule has 2 aliphatic carbocycles. The number of hydrogen-bond acceptors (Lipinski definition) is 8. The molecule has 1 N–H and O–H groups in total. The quantitative estimate of drug-likeness (QED) is 0.386. The average Bonchev–Trinajstić information content (AvgIpc) is 3.31. The molecular weight excluding hydrogens is 585 g/mol. The summed E-state index contributed by atoms with van der Waals surface area (Å²) >= 11 is 0.673. The SMILES string of the molecule is [C-]#[N+]C1(NS(=O)(=O)c2cc(C3=CCN(S(=O)(=O)C4CCC4)CC3)c3c(c2)c(-c2nnc(C(F)F)s2)nn3C)CC1. The third kappa shape index (κ3) is 4.63. The van der Waals surface area contributed by atoms with Crippen molar-refractivity contribution in [3.63, 3.8) is 0 Å². The first-order valence-corrected chi connectivity index (χ1v) is 16.5. The minimum absolute atomic E-state index is 0.108. The van der Waals surface area contributed by atoms with Gasteiger partial charge in [-0.05, 0) is 37.0 Å². The summed E-state index contributed by atoms with van der Waals surface area (Å²) in [6, 6.07) is 2.91. The summed E-state index contributed by atoms with van der Waals surface area (Å²) in [5.74, 6) is 0. The van der Waals surface area contributed by atoms with Crippen LogP contribution in [0, 0.1) is 6.57 Å². The molecule has 40 heavy (non-hydrogen) atoms. The largest absolute Gasteiger partial charge is 0.299 e. The van der Waals surface area contributed by atoms with Crippen LogP contribution >= 0.6 is 11.3 Å². The topological polar surface area (TPSA) is 132 Å². The number of fused-ring (bicyclic) bond motifs is 1. The molecule has 0 radical (unpaired) electrons. The maximum atomic E-state index is 13.5. The van der Waals surface area contributed by atoms with Crippen LogP contribution in [0.1, 0.15) is 55.5 Å². The summed E-state index contributed by atoms with van der Waals surface area (Å²) in [4.78, 5) is 3.34. The highest BCUT2D eigenvalue weighted by Gasteiger charge is 2.54. The van der Waals surface area contributed by atoms with E-state index in [1.807, 2.05) is 0 Å². The van der Waals surface area contributed by atoms with E-state index in [9.17, 15) is 25.6 Å². The fraction of sp³-hybridized carbons (Fsp3) is 0.500. The number of nitrogens with zero attached hydrogens (tertiary/aromatic N) is 6. The Balaban J connectivity index is 1.47. The molecule has 1 aromatic carbocycles. The number of rotatable bonds is 8. The van der Waals surface area contributed by atoms with E-state index < -0.39 is 37.1 Å². The van der Waals surface area contributed by atoms with Gasteiger partial charge in [-0.1, -0.05) is 23.8 Å². The smallest absolute Gasteiger partial charge is 0.292 e. The lowest BCUT2D eigenvalue weighted by Crippen LogP contribution is -2.43. The molecule has 16 heteroatoms. The Morgan fingerprint density at radius 2 is 1.95 bits per heavy atom. The first kappa shape index (κ1) is 27.3. The van der Waals surface area contributed by atoms with Crippen molar-refractivity contribution >= 4 is 47.9 Å². The Bertz CT molecular complexity index is 1800. The normalized spacial score (nSPS) is 19.9. The zero-order valence-electron chi connectivity index (χ0n) is 21.3. The first-order chi connectivity index (χ1) is 18.9. The second-order valence-corrected chi connectivity index (χ2v) is 15.2. The van der Waals surface area contributed by atoms with Gasteiger partial charge in [-0.25, -0.2) is 32.2 Å². The molecule has 1 aliphatic heterocycles. The minimum Gasteiger partial charge on any atom is -0.292 e. The number of aromatic nitrogens is 4. The number of hydrogen-bond donors (Lipinski definition) is 1. The van der Waals surface area contributed by atoms with E-state index in [-0.39, 0.29) is 33.9 Å². The van der Waals surface area contributed by atoms with Crippen molar-refractivity contribution in [1.82, 2.24) is 29.0 Å². The van der Waals surface area contributed by atoms with Gasteiger partial charge in [0.15, 0.2) is 10.0 Å². The summed E-state index contributed by atoms with van der Waals surface area (Å²) in [7, 11) is -5.89. The van der Waals surface area contributed by atoms with Gasteiger partial charge in [-0.3, -0.25) is 9.53 Å². The molecule has 2 fully saturated rings. The molecule has 0 atom stereocenters. The summed E-state index contributed by atoms with van der Waals surface area (Å²) in [5, 5.41) is 11.6. The van der Waals surface area contributed by atoms with Crippen LogP contribution in [0.15, 0.2) is 23.1 Å². The first-order valence-electron chi connectivity index (χ1n) is 12.7. The summed E-state index contributed by atoms with van der Waals surface area (Å²) in [5.41, 5.74) is 0.866. The Morgan fingerprint density at radius 3 is 2.50 bits per heavy atom. The van der Waals surface area contributed by atoms with Gasteiger partial charge >= 0.3 is 0 Å². The Morgan fingerprint density at radius 1 is 1.20 bits per heavy atom. The molecule has 0 bridgehead atoms. The minimum atomic E-state index is -4.15. The monoisotopic (exact) mass is 609 g/mol. The number of halogens is 2. The molecule has 3 aliphatic rings. The average molecular weight is 610 g/mol. The molecule has 3 aromatic rings. The fourth-order valence-corrected chi connectivity index (χ4v) is 9.13. The van der Waals surface area contributed by atoms with Gasteiger partial charge in [0.05, 0.1) is 28.5 Å². The van der Waals surface area contributed by atoms with E-state index in [2.05, 4.69) is 24.9 Å². The van der Waals surface area contributed by atoms with Crippen molar-refractivity contribution in [2.45, 2.75) is 60.8 Å². The van der Waals surface area contributed by atoms with Crippen LogP contribution in [-0.2, 0) is 27.1 Å². The molecule has 3 heterocycles. The van der Waals surface area contributed by atoms with E-state index in [0.29, 0.717) is 59.9 Å². The highest BCUT2D eigenvalue weighted by molar-refractivity contribution is 7.90. The van der Waals surface area contributed by atoms with Crippen LogP contribution in [0.2, 0.25) is 0 Å². The zero-order valence-corrected chi connectivity index (χ0v) is 23.8. The maximum absolute atomic E-state index is 13.5. The van der Waals surface area contributed by atoms with Gasteiger partial charge in [-0.15, -0.1) is 14.9 Å². The van der Waals surface area contributed by atoms with Gasteiger partial charge in [-0.2, -0.15) is 9.40 Å². The van der Waals surface area contributed by atoms with Crippen LogP contribution in [0.3, 0.4) is 0 Å². The number of alkyl halides is 2. The van der Waals surface area contributed by atoms with Crippen molar-refractivity contribution in [3.05, 3.63) is 40.2 Å². The molecule has 0 unspecified atom stereocenters. The van der Waals surface area contributed by atoms with Crippen molar-refractivity contribution in [1.29, 1.82) is 0 Å². The Labute approximate surface area is 233 Å². The summed E-state index contributed by atoms with van der Waals surface area (Å²) < 4.78 is 84.8. The molecule has 212 valence electrons. The third-order valence-corrected chi connectivity index (χ3v) is 12.5. The van der Waals surface area contributed by atoms with Gasteiger partial charge in [0.1, 0.15) is 5.69 Å². The number of benzene rings is 1. The van der Waals surface area contributed by atoms with Crippen molar-refractivity contribution in [2.75, 3.05) is 13.1 Å². The van der Waals surface area contributed by atoms with Gasteiger partial charge < -0.3 is 0 Å². The molecule has 6 rings (SSSR count). The highest BCUT2D eigenvalue weighted by Crippen LogP contribution is 2.41. The van der Waals surface area contributed by atoms with Crippen LogP contribution in [0.5, 0.6) is 0 Å².